The van der Waals surface area contributed by atoms with Crippen LogP contribution in [0.1, 0.15) is 25.7 Å². The molecule has 2 N–H and O–H groups in total. The number of anilines is 2. The van der Waals surface area contributed by atoms with Gasteiger partial charge in [-0.05, 0) is 25.7 Å². The number of aliphatic hydroxyl groups excluding tert-OH is 1. The lowest BCUT2D eigenvalue weighted by Gasteiger charge is -2.25. The van der Waals surface area contributed by atoms with Gasteiger partial charge in [-0.25, -0.2) is 9.97 Å². The first-order valence-corrected chi connectivity index (χ1v) is 6.73. The monoisotopic (exact) mass is 281 g/mol. The third-order valence-corrected chi connectivity index (χ3v) is 3.57. The summed E-state index contributed by atoms with van der Waals surface area (Å²) in [6, 6.07) is 0.195. The van der Waals surface area contributed by atoms with Gasteiger partial charge >= 0.3 is 5.69 Å². The summed E-state index contributed by atoms with van der Waals surface area (Å²) in [5.74, 6) is 0.600. The molecule has 1 aliphatic rings. The predicted molar refractivity (Wildman–Crippen MR) is 74.9 cm³/mol. The molecule has 0 saturated carbocycles. The van der Waals surface area contributed by atoms with Crippen molar-refractivity contribution in [2.24, 2.45) is 0 Å². The molecule has 1 aromatic heterocycles. The summed E-state index contributed by atoms with van der Waals surface area (Å²) in [7, 11) is 1.60. The van der Waals surface area contributed by atoms with Gasteiger partial charge in [-0.1, -0.05) is 0 Å². The summed E-state index contributed by atoms with van der Waals surface area (Å²) in [4.78, 5) is 20.9. The molecule has 8 heteroatoms. The maximum absolute atomic E-state index is 11.3. The van der Waals surface area contributed by atoms with Crippen LogP contribution in [-0.4, -0.2) is 46.2 Å². The van der Waals surface area contributed by atoms with Crippen LogP contribution in [0.5, 0.6) is 0 Å². The Balaban J connectivity index is 2.33. The molecule has 8 nitrogen and oxygen atoms in total. The highest BCUT2D eigenvalue weighted by Crippen LogP contribution is 2.36. The van der Waals surface area contributed by atoms with Gasteiger partial charge in [0.25, 0.3) is 0 Å². The van der Waals surface area contributed by atoms with Gasteiger partial charge < -0.3 is 15.3 Å². The number of hydrogen-bond acceptors (Lipinski definition) is 7. The molecular formula is C12H19N5O3. The minimum absolute atomic E-state index is 0.0779. The zero-order valence-electron chi connectivity index (χ0n) is 11.4. The van der Waals surface area contributed by atoms with Crippen molar-refractivity contribution in [2.45, 2.75) is 31.7 Å². The topological polar surface area (TPSA) is 104 Å². The summed E-state index contributed by atoms with van der Waals surface area (Å²) < 4.78 is 0. The second kappa shape index (κ2) is 6.47. The molecule has 2 rings (SSSR count). The lowest BCUT2D eigenvalue weighted by molar-refractivity contribution is -0.383. The van der Waals surface area contributed by atoms with Gasteiger partial charge in [0.2, 0.25) is 11.6 Å². The van der Waals surface area contributed by atoms with Gasteiger partial charge in [0.1, 0.15) is 6.33 Å². The molecule has 1 atom stereocenters. The van der Waals surface area contributed by atoms with E-state index in [2.05, 4.69) is 15.3 Å². The van der Waals surface area contributed by atoms with Crippen molar-refractivity contribution in [2.75, 3.05) is 30.4 Å². The van der Waals surface area contributed by atoms with Crippen molar-refractivity contribution in [3.8, 4) is 0 Å². The van der Waals surface area contributed by atoms with E-state index in [1.54, 1.807) is 7.05 Å². The van der Waals surface area contributed by atoms with Crippen LogP contribution >= 0.6 is 0 Å². The molecule has 110 valence electrons. The molecule has 20 heavy (non-hydrogen) atoms. The molecule has 0 bridgehead atoms. The van der Waals surface area contributed by atoms with E-state index >= 15 is 0 Å². The minimum atomic E-state index is -0.442. The number of aliphatic hydroxyl groups is 1. The fourth-order valence-corrected chi connectivity index (χ4v) is 2.67. The van der Waals surface area contributed by atoms with Gasteiger partial charge in [0.15, 0.2) is 0 Å². The van der Waals surface area contributed by atoms with E-state index in [0.717, 1.165) is 25.8 Å². The van der Waals surface area contributed by atoms with Crippen LogP contribution in [0.25, 0.3) is 0 Å². The van der Waals surface area contributed by atoms with E-state index < -0.39 is 4.92 Å². The number of nitrogens with one attached hydrogen (secondary N) is 1. The van der Waals surface area contributed by atoms with Crippen LogP contribution in [0.2, 0.25) is 0 Å². The average Bonchev–Trinajstić information content (AvgIpc) is 2.92. The van der Waals surface area contributed by atoms with Crippen LogP contribution < -0.4 is 10.2 Å². The Morgan fingerprint density at radius 3 is 3.05 bits per heavy atom. The molecular weight excluding hydrogens is 262 g/mol. The quantitative estimate of drug-likeness (QED) is 0.595. The average molecular weight is 281 g/mol. The van der Waals surface area contributed by atoms with E-state index in [9.17, 15) is 10.1 Å². The lowest BCUT2D eigenvalue weighted by Crippen LogP contribution is -2.31. The molecule has 1 aliphatic heterocycles. The summed E-state index contributed by atoms with van der Waals surface area (Å²) in [6.45, 7) is 0.884. The molecule has 2 heterocycles. The highest BCUT2D eigenvalue weighted by atomic mass is 16.6. The summed E-state index contributed by atoms with van der Waals surface area (Å²) in [5, 5.41) is 23.0. The van der Waals surface area contributed by atoms with Crippen molar-refractivity contribution in [1.29, 1.82) is 0 Å². The maximum Gasteiger partial charge on any atom is 0.353 e. The van der Waals surface area contributed by atoms with Crippen molar-refractivity contribution in [3.63, 3.8) is 0 Å². The zero-order valence-corrected chi connectivity index (χ0v) is 11.4. The molecule has 0 aromatic carbocycles. The minimum Gasteiger partial charge on any atom is -0.396 e. The Morgan fingerprint density at radius 2 is 2.40 bits per heavy atom. The second-order valence-corrected chi connectivity index (χ2v) is 4.76. The van der Waals surface area contributed by atoms with Crippen molar-refractivity contribution < 1.29 is 10.0 Å². The smallest absolute Gasteiger partial charge is 0.353 e. The Labute approximate surface area is 117 Å². The van der Waals surface area contributed by atoms with E-state index in [-0.39, 0.29) is 24.2 Å². The molecule has 1 unspecified atom stereocenters. The molecule has 0 amide bonds. The third-order valence-electron chi connectivity index (χ3n) is 3.57. The lowest BCUT2D eigenvalue weighted by atomic mass is 10.1. The van der Waals surface area contributed by atoms with Gasteiger partial charge in [-0.15, -0.1) is 0 Å². The van der Waals surface area contributed by atoms with E-state index in [1.807, 2.05) is 4.90 Å². The molecule has 0 radical (unpaired) electrons. The fourth-order valence-electron chi connectivity index (χ4n) is 2.67. The largest absolute Gasteiger partial charge is 0.396 e. The van der Waals surface area contributed by atoms with Gasteiger partial charge in [0, 0.05) is 26.2 Å². The van der Waals surface area contributed by atoms with E-state index in [4.69, 9.17) is 5.11 Å². The van der Waals surface area contributed by atoms with E-state index in [0.29, 0.717) is 12.2 Å². The van der Waals surface area contributed by atoms with Crippen molar-refractivity contribution in [3.05, 3.63) is 16.4 Å². The highest BCUT2D eigenvalue weighted by Gasteiger charge is 2.33. The molecule has 1 fully saturated rings. The Kier molecular flexibility index (Phi) is 4.67. The first kappa shape index (κ1) is 14.4. The summed E-state index contributed by atoms with van der Waals surface area (Å²) >= 11 is 0. The van der Waals surface area contributed by atoms with E-state index in [1.165, 1.54) is 6.33 Å². The normalized spacial score (nSPS) is 18.3. The third kappa shape index (κ3) is 2.79. The molecule has 0 aliphatic carbocycles. The van der Waals surface area contributed by atoms with Crippen molar-refractivity contribution >= 4 is 17.3 Å². The van der Waals surface area contributed by atoms with Crippen LogP contribution in [0.4, 0.5) is 17.3 Å². The number of nitrogens with zero attached hydrogens (tertiary/aromatic N) is 4. The first-order valence-electron chi connectivity index (χ1n) is 6.73. The molecule has 1 saturated heterocycles. The number of hydrogen-bond donors (Lipinski definition) is 2. The van der Waals surface area contributed by atoms with Crippen LogP contribution in [0, 0.1) is 10.1 Å². The SMILES string of the molecule is CNc1ncnc(N2CCCC2CCCO)c1[N+](=O)[O-]. The maximum atomic E-state index is 11.3. The molecule has 0 spiro atoms. The number of aromatic nitrogens is 2. The van der Waals surface area contributed by atoms with Gasteiger partial charge in [0.05, 0.1) is 4.92 Å². The van der Waals surface area contributed by atoms with Crippen LogP contribution in [-0.2, 0) is 0 Å². The van der Waals surface area contributed by atoms with Crippen LogP contribution in [0.15, 0.2) is 6.33 Å². The number of nitro groups is 1. The standard InChI is InChI=1S/C12H19N5O3/c1-13-11-10(17(19)20)12(15-8-14-11)16-6-2-4-9(16)5-3-7-18/h8-9,18H,2-7H2,1H3,(H,13,14,15). The second-order valence-electron chi connectivity index (χ2n) is 4.76. The highest BCUT2D eigenvalue weighted by molar-refractivity contribution is 5.70. The Morgan fingerprint density at radius 1 is 1.60 bits per heavy atom. The predicted octanol–water partition coefficient (Wildman–Crippen LogP) is 1.17. The van der Waals surface area contributed by atoms with Gasteiger partial charge in [-0.2, -0.15) is 0 Å². The molecule has 1 aromatic rings. The fraction of sp³-hybridized carbons (Fsp3) is 0.667. The summed E-state index contributed by atoms with van der Waals surface area (Å²) in [6.07, 6.45) is 4.79. The summed E-state index contributed by atoms with van der Waals surface area (Å²) in [5.41, 5.74) is -0.0779. The van der Waals surface area contributed by atoms with Crippen molar-refractivity contribution in [1.82, 2.24) is 9.97 Å². The Hall–Kier alpha value is -1.96. The first-order chi connectivity index (χ1) is 9.69. The zero-order chi connectivity index (χ0) is 14.5. The van der Waals surface area contributed by atoms with Crippen LogP contribution in [0.3, 0.4) is 0 Å². The van der Waals surface area contributed by atoms with Gasteiger partial charge in [-0.3, -0.25) is 10.1 Å². The Bertz CT molecular complexity index is 482. The number of rotatable bonds is 6.